The summed E-state index contributed by atoms with van der Waals surface area (Å²) < 4.78 is 0. The molecule has 7 heteroatoms. The van der Waals surface area contributed by atoms with E-state index >= 15 is 0 Å². The number of amides is 2. The standard InChI is InChI=1S/C23H29N5O2/c1-3-24-23(25-14-13-18-9-11-19(12-10-18)26-17(2)29)27-20-15-22(30)28(16-20)21-7-5-4-6-8-21/h4-12,20H,3,13-16H2,1-2H3,(H,26,29)(H2,24,25,27). The summed E-state index contributed by atoms with van der Waals surface area (Å²) in [4.78, 5) is 30.0. The molecule has 1 aliphatic heterocycles. The number of carbonyl (C=O) groups excluding carboxylic acids is 2. The Balaban J connectivity index is 1.54. The molecule has 0 aromatic heterocycles. The fraction of sp³-hybridized carbons (Fsp3) is 0.348. The lowest BCUT2D eigenvalue weighted by Crippen LogP contribution is -2.44. The molecule has 3 N–H and O–H groups in total. The maximum atomic E-state index is 12.4. The number of benzene rings is 2. The van der Waals surface area contributed by atoms with Crippen LogP contribution in [0.25, 0.3) is 0 Å². The lowest BCUT2D eigenvalue weighted by Gasteiger charge is -2.19. The highest BCUT2D eigenvalue weighted by Gasteiger charge is 2.30. The van der Waals surface area contributed by atoms with E-state index in [9.17, 15) is 9.59 Å². The van der Waals surface area contributed by atoms with Crippen LogP contribution in [-0.2, 0) is 16.0 Å². The molecular formula is C23H29N5O2. The molecule has 1 atom stereocenters. The molecule has 1 heterocycles. The molecule has 2 aromatic rings. The number of hydrogen-bond donors (Lipinski definition) is 3. The Morgan fingerprint density at radius 3 is 2.53 bits per heavy atom. The molecule has 2 amide bonds. The summed E-state index contributed by atoms with van der Waals surface area (Å²) in [5.74, 6) is 0.763. The molecule has 3 rings (SSSR count). The lowest BCUT2D eigenvalue weighted by molar-refractivity contribution is -0.117. The summed E-state index contributed by atoms with van der Waals surface area (Å²) >= 11 is 0. The number of rotatable bonds is 7. The summed E-state index contributed by atoms with van der Waals surface area (Å²) in [6, 6.07) is 17.5. The van der Waals surface area contributed by atoms with Gasteiger partial charge in [0.15, 0.2) is 5.96 Å². The van der Waals surface area contributed by atoms with Crippen LogP contribution in [0.3, 0.4) is 0 Å². The second-order valence-corrected chi connectivity index (χ2v) is 7.27. The van der Waals surface area contributed by atoms with E-state index in [1.54, 1.807) is 0 Å². The molecule has 1 saturated heterocycles. The summed E-state index contributed by atoms with van der Waals surface area (Å²) in [6.07, 6.45) is 1.24. The van der Waals surface area contributed by atoms with Crippen molar-refractivity contribution in [2.24, 2.45) is 4.99 Å². The van der Waals surface area contributed by atoms with Gasteiger partial charge in [-0.1, -0.05) is 30.3 Å². The van der Waals surface area contributed by atoms with Gasteiger partial charge in [0.05, 0.1) is 6.04 Å². The quantitative estimate of drug-likeness (QED) is 0.486. The number of hydrogen-bond acceptors (Lipinski definition) is 3. The van der Waals surface area contributed by atoms with Gasteiger partial charge in [-0.3, -0.25) is 14.6 Å². The largest absolute Gasteiger partial charge is 0.357 e. The first-order valence-electron chi connectivity index (χ1n) is 10.3. The van der Waals surface area contributed by atoms with Gasteiger partial charge in [0.25, 0.3) is 0 Å². The smallest absolute Gasteiger partial charge is 0.229 e. The van der Waals surface area contributed by atoms with Gasteiger partial charge in [-0.15, -0.1) is 0 Å². The van der Waals surface area contributed by atoms with E-state index in [0.717, 1.165) is 35.9 Å². The van der Waals surface area contributed by atoms with E-state index in [1.165, 1.54) is 6.92 Å². The summed E-state index contributed by atoms with van der Waals surface area (Å²) in [5.41, 5.74) is 2.87. The van der Waals surface area contributed by atoms with Gasteiger partial charge in [0.1, 0.15) is 0 Å². The highest BCUT2D eigenvalue weighted by Crippen LogP contribution is 2.21. The Morgan fingerprint density at radius 2 is 1.87 bits per heavy atom. The maximum Gasteiger partial charge on any atom is 0.229 e. The minimum atomic E-state index is -0.0788. The molecule has 0 saturated carbocycles. The molecule has 2 aromatic carbocycles. The third kappa shape index (κ3) is 6.07. The van der Waals surface area contributed by atoms with Crippen molar-refractivity contribution in [2.45, 2.75) is 32.7 Å². The Labute approximate surface area is 177 Å². The fourth-order valence-corrected chi connectivity index (χ4v) is 3.43. The number of guanidine groups is 1. The average molecular weight is 408 g/mol. The summed E-state index contributed by atoms with van der Waals surface area (Å²) in [7, 11) is 0. The number of anilines is 2. The molecule has 1 aliphatic rings. The Kier molecular flexibility index (Phi) is 7.43. The minimum absolute atomic E-state index is 0.0208. The molecule has 0 spiro atoms. The lowest BCUT2D eigenvalue weighted by atomic mass is 10.1. The van der Waals surface area contributed by atoms with Crippen molar-refractivity contribution in [3.05, 3.63) is 60.2 Å². The third-order valence-electron chi connectivity index (χ3n) is 4.82. The van der Waals surface area contributed by atoms with Gasteiger partial charge < -0.3 is 20.9 Å². The molecule has 158 valence electrons. The zero-order chi connectivity index (χ0) is 21.3. The first-order chi connectivity index (χ1) is 14.5. The van der Waals surface area contributed by atoms with E-state index in [4.69, 9.17) is 0 Å². The number of nitrogens with zero attached hydrogens (tertiary/aromatic N) is 2. The van der Waals surface area contributed by atoms with Crippen LogP contribution in [0, 0.1) is 0 Å². The molecule has 7 nitrogen and oxygen atoms in total. The van der Waals surface area contributed by atoms with E-state index in [2.05, 4.69) is 20.9 Å². The molecule has 1 fully saturated rings. The number of aliphatic imine (C=N–C) groups is 1. The van der Waals surface area contributed by atoms with Gasteiger partial charge in [0, 0.05) is 44.4 Å². The van der Waals surface area contributed by atoms with Gasteiger partial charge in [-0.25, -0.2) is 0 Å². The fourth-order valence-electron chi connectivity index (χ4n) is 3.43. The SMILES string of the molecule is CCNC(=NCCc1ccc(NC(C)=O)cc1)NC1CC(=O)N(c2ccccc2)C1. The number of carbonyl (C=O) groups is 2. The van der Waals surface area contributed by atoms with Gasteiger partial charge in [0.2, 0.25) is 11.8 Å². The monoisotopic (exact) mass is 407 g/mol. The van der Waals surface area contributed by atoms with Crippen molar-refractivity contribution in [3.63, 3.8) is 0 Å². The number of para-hydroxylation sites is 1. The second-order valence-electron chi connectivity index (χ2n) is 7.27. The molecule has 0 radical (unpaired) electrons. The van der Waals surface area contributed by atoms with Crippen molar-refractivity contribution in [3.8, 4) is 0 Å². The highest BCUT2D eigenvalue weighted by molar-refractivity contribution is 5.97. The van der Waals surface area contributed by atoms with Crippen molar-refractivity contribution < 1.29 is 9.59 Å². The van der Waals surface area contributed by atoms with Crippen LogP contribution in [0.1, 0.15) is 25.8 Å². The van der Waals surface area contributed by atoms with Crippen LogP contribution < -0.4 is 20.9 Å². The zero-order valence-electron chi connectivity index (χ0n) is 17.5. The number of nitrogens with one attached hydrogen (secondary N) is 3. The predicted octanol–water partition coefficient (Wildman–Crippen LogP) is 2.55. The average Bonchev–Trinajstić information content (AvgIpc) is 3.10. The van der Waals surface area contributed by atoms with Crippen LogP contribution in [0.15, 0.2) is 59.6 Å². The van der Waals surface area contributed by atoms with Crippen LogP contribution in [-0.4, -0.2) is 43.5 Å². The topological polar surface area (TPSA) is 85.8 Å². The Morgan fingerprint density at radius 1 is 1.13 bits per heavy atom. The van der Waals surface area contributed by atoms with E-state index < -0.39 is 0 Å². The van der Waals surface area contributed by atoms with Gasteiger partial charge in [-0.2, -0.15) is 0 Å². The summed E-state index contributed by atoms with van der Waals surface area (Å²) in [6.45, 7) is 5.51. The van der Waals surface area contributed by atoms with Gasteiger partial charge >= 0.3 is 0 Å². The van der Waals surface area contributed by atoms with E-state index in [0.29, 0.717) is 19.5 Å². The van der Waals surface area contributed by atoms with Crippen LogP contribution in [0.5, 0.6) is 0 Å². The molecule has 0 bridgehead atoms. The zero-order valence-corrected chi connectivity index (χ0v) is 17.5. The maximum absolute atomic E-state index is 12.4. The first kappa shape index (κ1) is 21.4. The van der Waals surface area contributed by atoms with Gasteiger partial charge in [-0.05, 0) is 43.2 Å². The Bertz CT molecular complexity index is 880. The molecule has 1 unspecified atom stereocenters. The van der Waals surface area contributed by atoms with Crippen molar-refractivity contribution in [1.29, 1.82) is 0 Å². The normalized spacial score (nSPS) is 16.5. The van der Waals surface area contributed by atoms with E-state index in [-0.39, 0.29) is 17.9 Å². The predicted molar refractivity (Wildman–Crippen MR) is 121 cm³/mol. The van der Waals surface area contributed by atoms with E-state index in [1.807, 2.05) is 66.4 Å². The molecule has 0 aliphatic carbocycles. The molecule has 30 heavy (non-hydrogen) atoms. The molecular weight excluding hydrogens is 378 g/mol. The van der Waals surface area contributed by atoms with Crippen LogP contribution in [0.4, 0.5) is 11.4 Å². The Hall–Kier alpha value is -3.35. The summed E-state index contributed by atoms with van der Waals surface area (Å²) in [5, 5.41) is 9.41. The minimum Gasteiger partial charge on any atom is -0.357 e. The second kappa shape index (κ2) is 10.4. The van der Waals surface area contributed by atoms with Crippen molar-refractivity contribution in [1.82, 2.24) is 10.6 Å². The highest BCUT2D eigenvalue weighted by atomic mass is 16.2. The third-order valence-corrected chi connectivity index (χ3v) is 4.82. The van der Waals surface area contributed by atoms with Crippen molar-refractivity contribution >= 4 is 29.1 Å². The van der Waals surface area contributed by atoms with Crippen LogP contribution >= 0.6 is 0 Å². The first-order valence-corrected chi connectivity index (χ1v) is 10.3. The van der Waals surface area contributed by atoms with Crippen LogP contribution in [0.2, 0.25) is 0 Å². The van der Waals surface area contributed by atoms with Crippen molar-refractivity contribution in [2.75, 3.05) is 29.9 Å².